The number of hydrogen-bond acceptors (Lipinski definition) is 3. The van der Waals surface area contributed by atoms with E-state index in [1.807, 2.05) is 24.3 Å². The average Bonchev–Trinajstić information content (AvgIpc) is 2.47. The first kappa shape index (κ1) is 14.7. The van der Waals surface area contributed by atoms with E-state index >= 15 is 0 Å². The molecule has 0 amide bonds. The van der Waals surface area contributed by atoms with Crippen LogP contribution in [-0.2, 0) is 10.8 Å². The Bertz CT molecular complexity index is 601. The molecule has 0 aliphatic carbocycles. The fraction of sp³-hybridized carbons (Fsp3) is 0.200. The molecule has 2 unspecified atom stereocenters. The van der Waals surface area contributed by atoms with Gasteiger partial charge in [0.2, 0.25) is 0 Å². The Morgan fingerprint density at radius 3 is 2.60 bits per heavy atom. The van der Waals surface area contributed by atoms with E-state index in [0.29, 0.717) is 10.6 Å². The first-order valence-electron chi connectivity index (χ1n) is 6.13. The highest BCUT2D eigenvalue weighted by Crippen LogP contribution is 2.20. The lowest BCUT2D eigenvalue weighted by Crippen LogP contribution is -2.18. The molecule has 0 aliphatic heterocycles. The quantitative estimate of drug-likeness (QED) is 0.922. The highest BCUT2D eigenvalue weighted by Gasteiger charge is 2.13. The standard InChI is InChI=1S/C15H16FNO2S/c1-19-13-4-2-3-11(9-13)15(17)10-20(18)14-7-5-12(16)6-8-14/h2-9,15H,10,17H2,1H3. The molecule has 2 aromatic rings. The van der Waals surface area contributed by atoms with Crippen molar-refractivity contribution in [3.8, 4) is 5.75 Å². The van der Waals surface area contributed by atoms with Crippen molar-refractivity contribution in [1.29, 1.82) is 0 Å². The van der Waals surface area contributed by atoms with Gasteiger partial charge in [-0.05, 0) is 42.0 Å². The van der Waals surface area contributed by atoms with Gasteiger partial charge in [-0.1, -0.05) is 12.1 Å². The van der Waals surface area contributed by atoms with Crippen LogP contribution in [0.1, 0.15) is 11.6 Å². The topological polar surface area (TPSA) is 52.3 Å². The molecule has 0 saturated heterocycles. The minimum absolute atomic E-state index is 0.277. The van der Waals surface area contributed by atoms with E-state index in [-0.39, 0.29) is 17.6 Å². The molecule has 0 aromatic heterocycles. The van der Waals surface area contributed by atoms with Gasteiger partial charge in [0.25, 0.3) is 0 Å². The molecule has 2 atom stereocenters. The van der Waals surface area contributed by atoms with Gasteiger partial charge in [-0.2, -0.15) is 0 Å². The number of nitrogens with two attached hydrogens (primary N) is 1. The largest absolute Gasteiger partial charge is 0.497 e. The molecule has 2 N–H and O–H groups in total. The van der Waals surface area contributed by atoms with Crippen LogP contribution in [0.3, 0.4) is 0 Å². The van der Waals surface area contributed by atoms with E-state index in [1.165, 1.54) is 24.3 Å². The Labute approximate surface area is 120 Å². The minimum Gasteiger partial charge on any atom is -0.497 e. The van der Waals surface area contributed by atoms with Crippen LogP contribution in [0.5, 0.6) is 5.75 Å². The summed E-state index contributed by atoms with van der Waals surface area (Å²) in [5.41, 5.74) is 6.92. The fourth-order valence-electron chi connectivity index (χ4n) is 1.81. The van der Waals surface area contributed by atoms with Crippen LogP contribution in [0.2, 0.25) is 0 Å². The summed E-state index contributed by atoms with van der Waals surface area (Å²) in [5, 5.41) is 0. The molecule has 106 valence electrons. The molecule has 0 heterocycles. The van der Waals surface area contributed by atoms with Gasteiger partial charge in [0.15, 0.2) is 0 Å². The van der Waals surface area contributed by atoms with Crippen molar-refractivity contribution < 1.29 is 13.3 Å². The number of ether oxygens (including phenoxy) is 1. The molecule has 3 nitrogen and oxygen atoms in total. The maximum Gasteiger partial charge on any atom is 0.123 e. The van der Waals surface area contributed by atoms with Crippen molar-refractivity contribution in [2.24, 2.45) is 5.73 Å². The lowest BCUT2D eigenvalue weighted by Gasteiger charge is -2.13. The van der Waals surface area contributed by atoms with Gasteiger partial charge in [0.1, 0.15) is 11.6 Å². The van der Waals surface area contributed by atoms with Crippen LogP contribution in [0.15, 0.2) is 53.4 Å². The predicted octanol–water partition coefficient (Wildman–Crippen LogP) is 2.64. The molecule has 0 aliphatic rings. The zero-order chi connectivity index (χ0) is 14.5. The van der Waals surface area contributed by atoms with Crippen molar-refractivity contribution in [3.63, 3.8) is 0 Å². The summed E-state index contributed by atoms with van der Waals surface area (Å²) in [6.45, 7) is 0. The maximum absolute atomic E-state index is 12.8. The molecular weight excluding hydrogens is 277 g/mol. The SMILES string of the molecule is COc1cccc(C(N)CS(=O)c2ccc(F)cc2)c1. The van der Waals surface area contributed by atoms with Gasteiger partial charge in [0, 0.05) is 16.7 Å². The van der Waals surface area contributed by atoms with Crippen LogP contribution >= 0.6 is 0 Å². The molecule has 0 radical (unpaired) electrons. The monoisotopic (exact) mass is 293 g/mol. The number of methoxy groups -OCH3 is 1. The number of benzene rings is 2. The summed E-state index contributed by atoms with van der Waals surface area (Å²) < 4.78 is 30.1. The first-order chi connectivity index (χ1) is 9.60. The molecule has 0 saturated carbocycles. The normalized spacial score (nSPS) is 13.8. The fourth-order valence-corrected chi connectivity index (χ4v) is 2.96. The molecule has 2 aromatic carbocycles. The summed E-state index contributed by atoms with van der Waals surface area (Å²) in [6.07, 6.45) is 0. The number of hydrogen-bond donors (Lipinski definition) is 1. The Kier molecular flexibility index (Phi) is 4.87. The smallest absolute Gasteiger partial charge is 0.123 e. The third-order valence-corrected chi connectivity index (χ3v) is 4.39. The second-order valence-electron chi connectivity index (χ2n) is 4.35. The molecular formula is C15H16FNO2S. The minimum atomic E-state index is -1.26. The van der Waals surface area contributed by atoms with E-state index in [9.17, 15) is 8.60 Å². The lowest BCUT2D eigenvalue weighted by atomic mass is 10.1. The molecule has 20 heavy (non-hydrogen) atoms. The van der Waals surface area contributed by atoms with E-state index in [1.54, 1.807) is 7.11 Å². The Hall–Kier alpha value is -1.72. The van der Waals surface area contributed by atoms with E-state index < -0.39 is 10.8 Å². The van der Waals surface area contributed by atoms with Crippen LogP contribution in [0, 0.1) is 5.82 Å². The van der Waals surface area contributed by atoms with Crippen molar-refractivity contribution in [2.45, 2.75) is 10.9 Å². The highest BCUT2D eigenvalue weighted by molar-refractivity contribution is 7.85. The Balaban J connectivity index is 2.08. The van der Waals surface area contributed by atoms with Crippen molar-refractivity contribution in [3.05, 3.63) is 59.9 Å². The van der Waals surface area contributed by atoms with Crippen LogP contribution in [0.4, 0.5) is 4.39 Å². The van der Waals surface area contributed by atoms with Crippen LogP contribution < -0.4 is 10.5 Å². The Morgan fingerprint density at radius 2 is 1.95 bits per heavy atom. The van der Waals surface area contributed by atoms with Gasteiger partial charge in [-0.3, -0.25) is 4.21 Å². The van der Waals surface area contributed by atoms with Gasteiger partial charge in [-0.15, -0.1) is 0 Å². The van der Waals surface area contributed by atoms with Gasteiger partial charge < -0.3 is 10.5 Å². The molecule has 2 rings (SSSR count). The molecule has 0 fully saturated rings. The lowest BCUT2D eigenvalue weighted by molar-refractivity contribution is 0.414. The summed E-state index contributed by atoms with van der Waals surface area (Å²) in [4.78, 5) is 0.574. The summed E-state index contributed by atoms with van der Waals surface area (Å²) >= 11 is 0. The maximum atomic E-state index is 12.8. The highest BCUT2D eigenvalue weighted by atomic mass is 32.2. The second-order valence-corrected chi connectivity index (χ2v) is 5.84. The second kappa shape index (κ2) is 6.63. The molecule has 5 heteroatoms. The zero-order valence-electron chi connectivity index (χ0n) is 11.1. The third kappa shape index (κ3) is 3.65. The van der Waals surface area contributed by atoms with Crippen LogP contribution in [-0.4, -0.2) is 17.1 Å². The predicted molar refractivity (Wildman–Crippen MR) is 77.6 cm³/mol. The summed E-state index contributed by atoms with van der Waals surface area (Å²) in [5.74, 6) is 0.645. The summed E-state index contributed by atoms with van der Waals surface area (Å²) in [7, 11) is 0.321. The van der Waals surface area contributed by atoms with Crippen molar-refractivity contribution in [2.75, 3.05) is 12.9 Å². The molecule has 0 spiro atoms. The number of rotatable bonds is 5. The van der Waals surface area contributed by atoms with E-state index in [4.69, 9.17) is 10.5 Å². The van der Waals surface area contributed by atoms with E-state index in [2.05, 4.69) is 0 Å². The van der Waals surface area contributed by atoms with Gasteiger partial charge in [0.05, 0.1) is 17.9 Å². The first-order valence-corrected chi connectivity index (χ1v) is 7.45. The third-order valence-electron chi connectivity index (χ3n) is 2.93. The van der Waals surface area contributed by atoms with E-state index in [0.717, 1.165) is 5.56 Å². The molecule has 0 bridgehead atoms. The van der Waals surface area contributed by atoms with Gasteiger partial charge in [-0.25, -0.2) is 4.39 Å². The van der Waals surface area contributed by atoms with Crippen LogP contribution in [0.25, 0.3) is 0 Å². The average molecular weight is 293 g/mol. The summed E-state index contributed by atoms with van der Waals surface area (Å²) in [6, 6.07) is 12.6. The zero-order valence-corrected chi connectivity index (χ0v) is 11.9. The Morgan fingerprint density at radius 1 is 1.25 bits per heavy atom. The number of halogens is 1. The van der Waals surface area contributed by atoms with Crippen molar-refractivity contribution in [1.82, 2.24) is 0 Å². The van der Waals surface area contributed by atoms with Crippen molar-refractivity contribution >= 4 is 10.8 Å². The van der Waals surface area contributed by atoms with Gasteiger partial charge >= 0.3 is 0 Å².